The molecule has 0 spiro atoms. The molecule has 1 heterocycles. The number of anilines is 2. The number of hydrogen-bond acceptors (Lipinski definition) is 4. The van der Waals surface area contributed by atoms with E-state index in [-0.39, 0.29) is 18.8 Å². The van der Waals surface area contributed by atoms with Crippen molar-refractivity contribution in [2.45, 2.75) is 37.8 Å². The highest BCUT2D eigenvalue weighted by Crippen LogP contribution is 2.42. The summed E-state index contributed by atoms with van der Waals surface area (Å²) in [4.78, 5) is 8.73. The molecule has 0 atom stereocenters. The van der Waals surface area contributed by atoms with Gasteiger partial charge >= 0.3 is 6.18 Å². The van der Waals surface area contributed by atoms with Gasteiger partial charge in [0.25, 0.3) is 0 Å². The van der Waals surface area contributed by atoms with Crippen molar-refractivity contribution in [3.05, 3.63) is 24.0 Å². The molecule has 3 rings (SSSR count). The summed E-state index contributed by atoms with van der Waals surface area (Å²) in [6.45, 7) is 0. The third kappa shape index (κ3) is 2.67. The second-order valence-corrected chi connectivity index (χ2v) is 5.80. The summed E-state index contributed by atoms with van der Waals surface area (Å²) in [5.74, 6) is -0.481. The van der Waals surface area contributed by atoms with Crippen LogP contribution in [0.25, 0.3) is 10.9 Å². The van der Waals surface area contributed by atoms with E-state index in [0.717, 1.165) is 0 Å². The Bertz CT molecular complexity index is 691. The maximum Gasteiger partial charge on any atom is 0.391 e. The predicted molar refractivity (Wildman–Crippen MR) is 79.1 cm³/mol. The second kappa shape index (κ2) is 5.30. The van der Waals surface area contributed by atoms with Crippen molar-refractivity contribution in [3.63, 3.8) is 0 Å². The molecule has 0 aliphatic heterocycles. The van der Waals surface area contributed by atoms with E-state index in [1.54, 1.807) is 18.2 Å². The van der Waals surface area contributed by atoms with Crippen LogP contribution in [0.2, 0.25) is 0 Å². The van der Waals surface area contributed by atoms with Crippen LogP contribution in [0.3, 0.4) is 0 Å². The van der Waals surface area contributed by atoms with Gasteiger partial charge in [0.15, 0.2) is 0 Å². The van der Waals surface area contributed by atoms with E-state index in [1.165, 1.54) is 0 Å². The minimum atomic E-state index is -4.11. The summed E-state index contributed by atoms with van der Waals surface area (Å²) in [5, 5.41) is 0.674. The van der Waals surface area contributed by atoms with Crippen molar-refractivity contribution in [1.29, 1.82) is 0 Å². The molecular formula is C15H17F3N4. The van der Waals surface area contributed by atoms with E-state index in [4.69, 9.17) is 11.5 Å². The first kappa shape index (κ1) is 14.9. The number of halogens is 3. The summed E-state index contributed by atoms with van der Waals surface area (Å²) in [6.07, 6.45) is -3.05. The molecule has 2 aromatic rings. The van der Waals surface area contributed by atoms with Gasteiger partial charge < -0.3 is 11.5 Å². The maximum atomic E-state index is 12.7. The molecule has 118 valence electrons. The molecule has 0 saturated heterocycles. The molecule has 1 aliphatic rings. The van der Waals surface area contributed by atoms with Gasteiger partial charge in [-0.2, -0.15) is 13.2 Å². The number of hydrogen-bond donors (Lipinski definition) is 2. The molecule has 1 fully saturated rings. The van der Waals surface area contributed by atoms with Crippen molar-refractivity contribution in [1.82, 2.24) is 9.97 Å². The normalized spacial score (nSPS) is 22.9. The minimum Gasteiger partial charge on any atom is -0.397 e. The number of nitrogens with two attached hydrogens (primary N) is 2. The minimum absolute atomic E-state index is 0.0927. The van der Waals surface area contributed by atoms with Gasteiger partial charge in [0.2, 0.25) is 0 Å². The fraction of sp³-hybridized carbons (Fsp3) is 0.467. The lowest BCUT2D eigenvalue weighted by Gasteiger charge is -2.29. The zero-order valence-electron chi connectivity index (χ0n) is 11.9. The highest BCUT2D eigenvalue weighted by Gasteiger charge is 2.42. The van der Waals surface area contributed by atoms with E-state index in [0.29, 0.717) is 41.1 Å². The number of alkyl halides is 3. The van der Waals surface area contributed by atoms with E-state index in [1.807, 2.05) is 0 Å². The summed E-state index contributed by atoms with van der Waals surface area (Å²) in [6, 6.07) is 5.27. The topological polar surface area (TPSA) is 77.8 Å². The molecule has 0 amide bonds. The van der Waals surface area contributed by atoms with E-state index < -0.39 is 12.1 Å². The number of fused-ring (bicyclic) bond motifs is 1. The average Bonchev–Trinajstić information content (AvgIpc) is 2.47. The molecule has 1 saturated carbocycles. The van der Waals surface area contributed by atoms with Crippen LogP contribution in [0.5, 0.6) is 0 Å². The molecule has 1 aromatic carbocycles. The first-order valence-electron chi connectivity index (χ1n) is 7.24. The fourth-order valence-corrected chi connectivity index (χ4v) is 3.08. The Labute approximate surface area is 125 Å². The van der Waals surface area contributed by atoms with Crippen LogP contribution in [0, 0.1) is 5.92 Å². The monoisotopic (exact) mass is 310 g/mol. The van der Waals surface area contributed by atoms with Crippen LogP contribution in [-0.4, -0.2) is 16.1 Å². The van der Waals surface area contributed by atoms with Crippen molar-refractivity contribution in [2.24, 2.45) is 5.92 Å². The third-order valence-corrected chi connectivity index (χ3v) is 4.36. The Morgan fingerprint density at radius 3 is 2.32 bits per heavy atom. The van der Waals surface area contributed by atoms with Crippen LogP contribution >= 0.6 is 0 Å². The number of aromatic nitrogens is 2. The number of benzene rings is 1. The highest BCUT2D eigenvalue weighted by atomic mass is 19.4. The molecule has 7 heteroatoms. The number of rotatable bonds is 1. The molecule has 0 unspecified atom stereocenters. The van der Waals surface area contributed by atoms with Gasteiger partial charge in [-0.1, -0.05) is 6.07 Å². The largest absolute Gasteiger partial charge is 0.397 e. The van der Waals surface area contributed by atoms with Gasteiger partial charge in [-0.05, 0) is 37.8 Å². The van der Waals surface area contributed by atoms with E-state index in [2.05, 4.69) is 9.97 Å². The maximum absolute atomic E-state index is 12.7. The van der Waals surface area contributed by atoms with Crippen LogP contribution in [0.4, 0.5) is 24.7 Å². The molecule has 4 N–H and O–H groups in total. The van der Waals surface area contributed by atoms with Crippen molar-refractivity contribution in [3.8, 4) is 0 Å². The molecule has 1 aliphatic carbocycles. The summed E-state index contributed by atoms with van der Waals surface area (Å²) in [7, 11) is 0. The van der Waals surface area contributed by atoms with E-state index >= 15 is 0 Å². The first-order valence-corrected chi connectivity index (χ1v) is 7.24. The van der Waals surface area contributed by atoms with Crippen molar-refractivity contribution < 1.29 is 13.2 Å². The Balaban J connectivity index is 1.88. The Morgan fingerprint density at radius 1 is 1.00 bits per heavy atom. The van der Waals surface area contributed by atoms with E-state index in [9.17, 15) is 13.2 Å². The second-order valence-electron chi connectivity index (χ2n) is 5.80. The summed E-state index contributed by atoms with van der Waals surface area (Å²) >= 11 is 0. The predicted octanol–water partition coefficient (Wildman–Crippen LogP) is 3.63. The standard InChI is InChI=1S/C15H17F3N4/c16-15(17,18)9-6-4-8(5-7-9)14-21-12-10(13(20)22-14)2-1-3-11(12)19/h1-3,8-9H,4-7,19H2,(H2,20,21,22). The summed E-state index contributed by atoms with van der Waals surface area (Å²) in [5.41, 5.74) is 12.9. The Morgan fingerprint density at radius 2 is 1.68 bits per heavy atom. The van der Waals surface area contributed by atoms with Crippen LogP contribution in [0.15, 0.2) is 18.2 Å². The summed E-state index contributed by atoms with van der Waals surface area (Å²) < 4.78 is 38.2. The van der Waals surface area contributed by atoms with Crippen LogP contribution < -0.4 is 11.5 Å². The number of nitrogen functional groups attached to an aromatic ring is 2. The Hall–Kier alpha value is -2.05. The smallest absolute Gasteiger partial charge is 0.391 e. The van der Waals surface area contributed by atoms with Crippen LogP contribution in [-0.2, 0) is 0 Å². The van der Waals surface area contributed by atoms with Gasteiger partial charge in [0.1, 0.15) is 11.6 Å². The molecule has 0 radical (unpaired) electrons. The molecule has 0 bridgehead atoms. The molecule has 4 nitrogen and oxygen atoms in total. The molecule has 22 heavy (non-hydrogen) atoms. The lowest BCUT2D eigenvalue weighted by molar-refractivity contribution is -0.182. The van der Waals surface area contributed by atoms with Crippen molar-refractivity contribution in [2.75, 3.05) is 11.5 Å². The lowest BCUT2D eigenvalue weighted by Crippen LogP contribution is -2.27. The van der Waals surface area contributed by atoms with Gasteiger partial charge in [0, 0.05) is 11.3 Å². The molecular weight excluding hydrogens is 293 g/mol. The van der Waals surface area contributed by atoms with Gasteiger partial charge in [0.05, 0.1) is 17.1 Å². The SMILES string of the molecule is Nc1nc(C2CCC(C(F)(F)F)CC2)nc2c(N)cccc12. The van der Waals surface area contributed by atoms with Gasteiger partial charge in [-0.25, -0.2) is 9.97 Å². The van der Waals surface area contributed by atoms with Gasteiger partial charge in [-0.3, -0.25) is 0 Å². The lowest BCUT2D eigenvalue weighted by atomic mass is 9.81. The molecule has 1 aromatic heterocycles. The zero-order valence-corrected chi connectivity index (χ0v) is 11.9. The zero-order chi connectivity index (χ0) is 15.9. The Kier molecular flexibility index (Phi) is 3.58. The number of para-hydroxylation sites is 1. The first-order chi connectivity index (χ1) is 10.4. The third-order valence-electron chi connectivity index (χ3n) is 4.36. The highest BCUT2D eigenvalue weighted by molar-refractivity contribution is 5.95. The average molecular weight is 310 g/mol. The number of nitrogens with zero attached hydrogens (tertiary/aromatic N) is 2. The van der Waals surface area contributed by atoms with Crippen LogP contribution in [0.1, 0.15) is 37.4 Å². The quantitative estimate of drug-likeness (QED) is 0.788. The fourth-order valence-electron chi connectivity index (χ4n) is 3.08. The van der Waals surface area contributed by atoms with Gasteiger partial charge in [-0.15, -0.1) is 0 Å². The van der Waals surface area contributed by atoms with Crippen molar-refractivity contribution >= 4 is 22.4 Å².